The molecule has 6 heteroatoms. The first-order chi connectivity index (χ1) is 7.86. The number of H-pyrrole nitrogens is 1. The van der Waals surface area contributed by atoms with Crippen LogP contribution in [0.3, 0.4) is 0 Å². The summed E-state index contributed by atoms with van der Waals surface area (Å²) in [6, 6.07) is 5.77. The van der Waals surface area contributed by atoms with Crippen molar-refractivity contribution in [1.82, 2.24) is 15.0 Å². The van der Waals surface area contributed by atoms with E-state index in [9.17, 15) is 0 Å². The van der Waals surface area contributed by atoms with Crippen LogP contribution in [0.5, 0.6) is 0 Å². The average Bonchev–Trinajstić information content (AvgIpc) is 2.82. The highest BCUT2D eigenvalue weighted by atomic mass is 15.0. The van der Waals surface area contributed by atoms with Crippen molar-refractivity contribution in [3.05, 3.63) is 30.7 Å². The Balaban J connectivity index is 0.000000457. The number of hydrazine groups is 1. The standard InChI is InChI=1S/C10H8N4.H4N2/c11-7-4-6-2-1-3-12-8(6)10-9(7)13-5-14-10;1-2/h1-5H,11H2,(H,13,14);1-2H2. The van der Waals surface area contributed by atoms with Gasteiger partial charge in [-0.1, -0.05) is 6.07 Å². The van der Waals surface area contributed by atoms with Gasteiger partial charge in [0.25, 0.3) is 0 Å². The van der Waals surface area contributed by atoms with Crippen LogP contribution in [0.1, 0.15) is 0 Å². The van der Waals surface area contributed by atoms with Gasteiger partial charge in [0.1, 0.15) is 5.52 Å². The number of hydrogen-bond donors (Lipinski definition) is 4. The minimum Gasteiger partial charge on any atom is -0.397 e. The fourth-order valence-electron chi connectivity index (χ4n) is 1.67. The first kappa shape index (κ1) is 10.3. The Morgan fingerprint density at radius 3 is 2.75 bits per heavy atom. The van der Waals surface area contributed by atoms with E-state index < -0.39 is 0 Å². The SMILES string of the molecule is NN.Nc1cc2cccnc2c2[nH]cnc12. The second-order valence-electron chi connectivity index (χ2n) is 3.17. The topological polar surface area (TPSA) is 120 Å². The molecule has 16 heavy (non-hydrogen) atoms. The molecule has 3 aromatic rings. The first-order valence-electron chi connectivity index (χ1n) is 4.66. The molecule has 0 aliphatic heterocycles. The molecular weight excluding hydrogens is 204 g/mol. The molecule has 6 nitrogen and oxygen atoms in total. The summed E-state index contributed by atoms with van der Waals surface area (Å²) in [6.07, 6.45) is 3.40. The summed E-state index contributed by atoms with van der Waals surface area (Å²) in [5.74, 6) is 8.00. The zero-order chi connectivity index (χ0) is 11.5. The van der Waals surface area contributed by atoms with Crippen LogP contribution in [-0.2, 0) is 0 Å². The molecule has 1 aromatic carbocycles. The number of nitrogens with two attached hydrogens (primary N) is 3. The third-order valence-corrected chi connectivity index (χ3v) is 2.30. The van der Waals surface area contributed by atoms with Crippen molar-refractivity contribution in [3.63, 3.8) is 0 Å². The van der Waals surface area contributed by atoms with E-state index >= 15 is 0 Å². The third kappa shape index (κ3) is 1.46. The van der Waals surface area contributed by atoms with E-state index in [0.29, 0.717) is 5.69 Å². The van der Waals surface area contributed by atoms with Gasteiger partial charge in [-0.25, -0.2) is 4.98 Å². The van der Waals surface area contributed by atoms with Gasteiger partial charge in [0.05, 0.1) is 23.0 Å². The number of hydrogen-bond acceptors (Lipinski definition) is 5. The fraction of sp³-hybridized carbons (Fsp3) is 0. The molecule has 0 aliphatic carbocycles. The van der Waals surface area contributed by atoms with Crippen LogP contribution in [0.15, 0.2) is 30.7 Å². The summed E-state index contributed by atoms with van der Waals surface area (Å²) in [4.78, 5) is 11.5. The Morgan fingerprint density at radius 1 is 1.12 bits per heavy atom. The largest absolute Gasteiger partial charge is 0.397 e. The zero-order valence-corrected chi connectivity index (χ0v) is 8.51. The lowest BCUT2D eigenvalue weighted by atomic mass is 10.1. The molecule has 3 rings (SSSR count). The molecule has 2 aromatic heterocycles. The number of nitrogens with zero attached hydrogens (tertiary/aromatic N) is 2. The Kier molecular flexibility index (Phi) is 2.67. The van der Waals surface area contributed by atoms with E-state index in [2.05, 4.69) is 26.6 Å². The molecule has 0 unspecified atom stereocenters. The number of fused-ring (bicyclic) bond motifs is 3. The van der Waals surface area contributed by atoms with Crippen molar-refractivity contribution in [2.45, 2.75) is 0 Å². The lowest BCUT2D eigenvalue weighted by molar-refractivity contribution is 1.26. The van der Waals surface area contributed by atoms with Crippen LogP contribution >= 0.6 is 0 Å². The van der Waals surface area contributed by atoms with Gasteiger partial charge in [0.2, 0.25) is 0 Å². The van der Waals surface area contributed by atoms with Gasteiger partial charge >= 0.3 is 0 Å². The monoisotopic (exact) mass is 216 g/mol. The van der Waals surface area contributed by atoms with Crippen LogP contribution in [0.25, 0.3) is 21.9 Å². The minimum atomic E-state index is 0.682. The number of benzene rings is 1. The summed E-state index contributed by atoms with van der Waals surface area (Å²) in [5.41, 5.74) is 9.14. The lowest BCUT2D eigenvalue weighted by Gasteiger charge is -2.00. The maximum absolute atomic E-state index is 5.86. The van der Waals surface area contributed by atoms with Crippen molar-refractivity contribution >= 4 is 27.6 Å². The highest BCUT2D eigenvalue weighted by molar-refractivity contribution is 6.06. The zero-order valence-electron chi connectivity index (χ0n) is 8.51. The molecule has 0 amide bonds. The first-order valence-corrected chi connectivity index (χ1v) is 4.66. The van der Waals surface area contributed by atoms with E-state index in [1.807, 2.05) is 18.2 Å². The van der Waals surface area contributed by atoms with Gasteiger partial charge in [-0.3, -0.25) is 16.7 Å². The number of anilines is 1. The maximum Gasteiger partial charge on any atom is 0.113 e. The average molecular weight is 216 g/mol. The van der Waals surface area contributed by atoms with Gasteiger partial charge in [0.15, 0.2) is 0 Å². The summed E-state index contributed by atoms with van der Waals surface area (Å²) >= 11 is 0. The van der Waals surface area contributed by atoms with E-state index in [1.165, 1.54) is 0 Å². The molecule has 82 valence electrons. The lowest BCUT2D eigenvalue weighted by Crippen LogP contribution is -2.02. The molecule has 0 fully saturated rings. The maximum atomic E-state index is 5.86. The number of nitrogen functional groups attached to an aromatic ring is 1. The summed E-state index contributed by atoms with van der Waals surface area (Å²) in [6.45, 7) is 0. The Morgan fingerprint density at radius 2 is 1.94 bits per heavy atom. The van der Waals surface area contributed by atoms with E-state index in [-0.39, 0.29) is 0 Å². The van der Waals surface area contributed by atoms with Gasteiger partial charge in [-0.15, -0.1) is 0 Å². The molecule has 0 aliphatic rings. The summed E-state index contributed by atoms with van der Waals surface area (Å²) < 4.78 is 0. The molecule has 0 saturated carbocycles. The second kappa shape index (κ2) is 4.13. The van der Waals surface area contributed by atoms with Crippen molar-refractivity contribution in [2.24, 2.45) is 11.7 Å². The number of aromatic nitrogens is 3. The number of aromatic amines is 1. The van der Waals surface area contributed by atoms with Crippen molar-refractivity contribution in [3.8, 4) is 0 Å². The highest BCUT2D eigenvalue weighted by Gasteiger charge is 2.06. The van der Waals surface area contributed by atoms with E-state index in [1.54, 1.807) is 12.5 Å². The van der Waals surface area contributed by atoms with Gasteiger partial charge in [-0.05, 0) is 12.1 Å². The minimum absolute atomic E-state index is 0.682. The number of pyridine rings is 1. The molecule has 2 heterocycles. The van der Waals surface area contributed by atoms with Crippen molar-refractivity contribution < 1.29 is 0 Å². The summed E-state index contributed by atoms with van der Waals surface area (Å²) in [5, 5.41) is 1.03. The van der Waals surface area contributed by atoms with Crippen molar-refractivity contribution in [1.29, 1.82) is 0 Å². The number of nitrogens with one attached hydrogen (secondary N) is 1. The Hall–Kier alpha value is -2.18. The van der Waals surface area contributed by atoms with Crippen LogP contribution in [-0.4, -0.2) is 15.0 Å². The van der Waals surface area contributed by atoms with Crippen LogP contribution in [0.4, 0.5) is 5.69 Å². The van der Waals surface area contributed by atoms with Gasteiger partial charge in [0, 0.05) is 11.6 Å². The quantitative estimate of drug-likeness (QED) is 0.248. The van der Waals surface area contributed by atoms with Gasteiger partial charge in [-0.2, -0.15) is 0 Å². The van der Waals surface area contributed by atoms with E-state index in [0.717, 1.165) is 21.9 Å². The van der Waals surface area contributed by atoms with Crippen molar-refractivity contribution in [2.75, 3.05) is 5.73 Å². The second-order valence-corrected chi connectivity index (χ2v) is 3.17. The molecular formula is C10H12N6. The fourth-order valence-corrected chi connectivity index (χ4v) is 1.67. The Labute approximate surface area is 91.4 Å². The molecule has 0 saturated heterocycles. The summed E-state index contributed by atoms with van der Waals surface area (Å²) in [7, 11) is 0. The molecule has 0 atom stereocenters. The highest BCUT2D eigenvalue weighted by Crippen LogP contribution is 2.25. The smallest absolute Gasteiger partial charge is 0.113 e. The number of imidazole rings is 1. The normalized spacial score (nSPS) is 10.1. The van der Waals surface area contributed by atoms with E-state index in [4.69, 9.17) is 5.73 Å². The third-order valence-electron chi connectivity index (χ3n) is 2.30. The predicted octanol–water partition coefficient (Wildman–Crippen LogP) is 0.512. The Bertz CT molecular complexity index is 615. The molecule has 0 radical (unpaired) electrons. The molecule has 7 N–H and O–H groups in total. The number of rotatable bonds is 0. The molecule has 0 spiro atoms. The van der Waals surface area contributed by atoms with Crippen LogP contribution in [0.2, 0.25) is 0 Å². The van der Waals surface area contributed by atoms with Gasteiger partial charge < -0.3 is 10.7 Å². The predicted molar refractivity (Wildman–Crippen MR) is 64.2 cm³/mol. The molecule has 0 bridgehead atoms. The van der Waals surface area contributed by atoms with Crippen LogP contribution in [0, 0.1) is 0 Å². The van der Waals surface area contributed by atoms with Crippen LogP contribution < -0.4 is 17.4 Å².